The average molecular weight is 480 g/mol. The molecule has 0 aliphatic carbocycles. The first kappa shape index (κ1) is 21.8. The van der Waals surface area contributed by atoms with Crippen molar-refractivity contribution in [1.29, 1.82) is 0 Å². The Labute approximate surface area is 200 Å². The highest BCUT2D eigenvalue weighted by Crippen LogP contribution is 2.30. The molecule has 3 heterocycles. The summed E-state index contributed by atoms with van der Waals surface area (Å²) in [7, 11) is 1.66. The summed E-state index contributed by atoms with van der Waals surface area (Å²) in [4.78, 5) is 21.8. The third-order valence-electron chi connectivity index (χ3n) is 5.89. The zero-order valence-electron chi connectivity index (χ0n) is 18.5. The van der Waals surface area contributed by atoms with Gasteiger partial charge in [0.05, 0.1) is 19.0 Å². The number of benzene rings is 2. The minimum absolute atomic E-state index is 0.0184. The van der Waals surface area contributed by atoms with E-state index in [0.717, 1.165) is 63.6 Å². The van der Waals surface area contributed by atoms with Gasteiger partial charge in [-0.25, -0.2) is 9.50 Å². The minimum atomic E-state index is 0.0184. The molecule has 4 aromatic rings. The number of nitrogens with one attached hydrogen (secondary N) is 1. The standard InChI is InChI=1S/C24H25N5O2S2/c1-31-19-8-6-16(7-9-19)21-15-29-23(26-21)33-24(27-29)28-12-10-17(11-13-28)22(30)25-18-4-3-5-20(14-18)32-2/h3-9,14-15,17H,10-13H2,1-2H3,(H,25,30). The van der Waals surface area contributed by atoms with E-state index in [9.17, 15) is 4.79 Å². The Hall–Kier alpha value is -3.04. The first-order valence-corrected chi connectivity index (χ1v) is 12.9. The molecule has 1 N–H and O–H groups in total. The summed E-state index contributed by atoms with van der Waals surface area (Å²) in [5.74, 6) is 0.946. The number of imidazole rings is 1. The molecule has 9 heteroatoms. The molecule has 1 amide bonds. The Morgan fingerprint density at radius 3 is 2.67 bits per heavy atom. The van der Waals surface area contributed by atoms with Gasteiger partial charge in [-0.3, -0.25) is 4.79 Å². The highest BCUT2D eigenvalue weighted by atomic mass is 32.2. The van der Waals surface area contributed by atoms with Crippen molar-refractivity contribution in [2.24, 2.45) is 5.92 Å². The molecule has 0 radical (unpaired) electrons. The van der Waals surface area contributed by atoms with Crippen molar-refractivity contribution < 1.29 is 9.53 Å². The molecule has 1 aliphatic rings. The maximum absolute atomic E-state index is 12.8. The second kappa shape index (κ2) is 9.44. The van der Waals surface area contributed by atoms with Gasteiger partial charge in [-0.2, -0.15) is 0 Å². The quantitative estimate of drug-likeness (QED) is 0.391. The van der Waals surface area contributed by atoms with E-state index < -0.39 is 0 Å². The van der Waals surface area contributed by atoms with Crippen LogP contribution in [0.5, 0.6) is 5.75 Å². The van der Waals surface area contributed by atoms with Crippen LogP contribution in [0.1, 0.15) is 12.8 Å². The van der Waals surface area contributed by atoms with Crippen LogP contribution in [-0.2, 0) is 4.79 Å². The smallest absolute Gasteiger partial charge is 0.227 e. The first-order chi connectivity index (χ1) is 16.1. The molecule has 0 bridgehead atoms. The zero-order valence-corrected chi connectivity index (χ0v) is 20.2. The van der Waals surface area contributed by atoms with Gasteiger partial charge in [-0.15, -0.1) is 16.9 Å². The summed E-state index contributed by atoms with van der Waals surface area (Å²) in [6, 6.07) is 15.8. The number of carbonyl (C=O) groups is 1. The molecule has 5 rings (SSSR count). The number of hydrogen-bond donors (Lipinski definition) is 1. The van der Waals surface area contributed by atoms with Crippen molar-refractivity contribution in [2.45, 2.75) is 17.7 Å². The Morgan fingerprint density at radius 2 is 1.97 bits per heavy atom. The van der Waals surface area contributed by atoms with Crippen LogP contribution in [0.15, 0.2) is 59.6 Å². The normalized spacial score (nSPS) is 14.5. The summed E-state index contributed by atoms with van der Waals surface area (Å²) in [6.45, 7) is 1.62. The predicted molar refractivity (Wildman–Crippen MR) is 135 cm³/mol. The van der Waals surface area contributed by atoms with Crippen LogP contribution in [0.4, 0.5) is 10.8 Å². The molecule has 2 aromatic heterocycles. The number of anilines is 2. The van der Waals surface area contributed by atoms with E-state index in [1.165, 1.54) is 0 Å². The largest absolute Gasteiger partial charge is 0.497 e. The molecule has 0 saturated carbocycles. The fraction of sp³-hybridized carbons (Fsp3) is 0.292. The maximum atomic E-state index is 12.8. The highest BCUT2D eigenvalue weighted by Gasteiger charge is 2.27. The summed E-state index contributed by atoms with van der Waals surface area (Å²) < 4.78 is 7.07. The van der Waals surface area contributed by atoms with Crippen LogP contribution in [0.2, 0.25) is 0 Å². The van der Waals surface area contributed by atoms with Gasteiger partial charge in [0.1, 0.15) is 5.75 Å². The van der Waals surface area contributed by atoms with Gasteiger partial charge >= 0.3 is 0 Å². The number of ether oxygens (including phenoxy) is 1. The Morgan fingerprint density at radius 1 is 1.18 bits per heavy atom. The molecule has 170 valence electrons. The van der Waals surface area contributed by atoms with Crippen molar-refractivity contribution >= 4 is 44.8 Å². The van der Waals surface area contributed by atoms with Gasteiger partial charge in [0, 0.05) is 35.2 Å². The number of thioether (sulfide) groups is 1. The van der Waals surface area contributed by atoms with Gasteiger partial charge < -0.3 is 15.0 Å². The molecule has 1 fully saturated rings. The second-order valence-electron chi connectivity index (χ2n) is 7.95. The summed E-state index contributed by atoms with van der Waals surface area (Å²) in [5.41, 5.74) is 2.79. The lowest BCUT2D eigenvalue weighted by atomic mass is 9.96. The maximum Gasteiger partial charge on any atom is 0.227 e. The van der Waals surface area contributed by atoms with Gasteiger partial charge in [0.2, 0.25) is 16.0 Å². The Kier molecular flexibility index (Phi) is 6.24. The van der Waals surface area contributed by atoms with Crippen molar-refractivity contribution in [3.05, 3.63) is 54.7 Å². The van der Waals surface area contributed by atoms with Gasteiger partial charge in [0.25, 0.3) is 0 Å². The molecule has 0 unspecified atom stereocenters. The lowest BCUT2D eigenvalue weighted by Crippen LogP contribution is -2.38. The average Bonchev–Trinajstić information content (AvgIpc) is 3.44. The van der Waals surface area contributed by atoms with Crippen LogP contribution in [0.25, 0.3) is 16.2 Å². The highest BCUT2D eigenvalue weighted by molar-refractivity contribution is 7.98. The number of amides is 1. The minimum Gasteiger partial charge on any atom is -0.497 e. The topological polar surface area (TPSA) is 71.8 Å². The van der Waals surface area contributed by atoms with E-state index in [4.69, 9.17) is 14.8 Å². The second-order valence-corrected chi connectivity index (χ2v) is 9.76. The molecule has 1 saturated heterocycles. The van der Waals surface area contributed by atoms with Gasteiger partial charge in [0.15, 0.2) is 0 Å². The lowest BCUT2D eigenvalue weighted by Gasteiger charge is -2.30. The zero-order chi connectivity index (χ0) is 22.8. The van der Waals surface area contributed by atoms with Crippen LogP contribution in [0.3, 0.4) is 0 Å². The Balaban J connectivity index is 1.21. The molecule has 0 spiro atoms. The third-order valence-corrected chi connectivity index (χ3v) is 7.60. The van der Waals surface area contributed by atoms with E-state index in [2.05, 4.69) is 10.2 Å². The summed E-state index contributed by atoms with van der Waals surface area (Å²) in [6.07, 6.45) is 5.62. The number of aromatic nitrogens is 3. The van der Waals surface area contributed by atoms with E-state index in [1.807, 2.05) is 65.5 Å². The van der Waals surface area contributed by atoms with E-state index in [-0.39, 0.29) is 11.8 Å². The van der Waals surface area contributed by atoms with Gasteiger partial charge in [-0.05, 0) is 61.6 Å². The number of hydrogen-bond acceptors (Lipinski definition) is 7. The van der Waals surface area contributed by atoms with Crippen molar-refractivity contribution in [3.63, 3.8) is 0 Å². The van der Waals surface area contributed by atoms with Crippen molar-refractivity contribution in [3.8, 4) is 17.0 Å². The molecule has 33 heavy (non-hydrogen) atoms. The number of carbonyl (C=O) groups excluding carboxylic acids is 1. The van der Waals surface area contributed by atoms with E-state index in [0.29, 0.717) is 0 Å². The van der Waals surface area contributed by atoms with Crippen molar-refractivity contribution in [2.75, 3.05) is 36.7 Å². The van der Waals surface area contributed by atoms with Crippen molar-refractivity contribution in [1.82, 2.24) is 14.6 Å². The van der Waals surface area contributed by atoms with E-state index in [1.54, 1.807) is 30.2 Å². The molecule has 2 aromatic carbocycles. The number of rotatable bonds is 6. The molecule has 0 atom stereocenters. The van der Waals surface area contributed by atoms with Crippen LogP contribution < -0.4 is 15.0 Å². The van der Waals surface area contributed by atoms with Gasteiger partial charge in [-0.1, -0.05) is 17.4 Å². The molecule has 7 nitrogen and oxygen atoms in total. The van der Waals surface area contributed by atoms with Crippen LogP contribution in [-0.4, -0.2) is 47.0 Å². The lowest BCUT2D eigenvalue weighted by molar-refractivity contribution is -0.120. The SMILES string of the molecule is COc1ccc(-c2cn3nc(N4CCC(C(=O)Nc5cccc(SC)c5)CC4)sc3n2)cc1. The number of methoxy groups -OCH3 is 1. The fourth-order valence-corrected chi connectivity index (χ4v) is 5.39. The first-order valence-electron chi connectivity index (χ1n) is 10.8. The monoisotopic (exact) mass is 479 g/mol. The number of piperidine rings is 1. The van der Waals surface area contributed by atoms with Crippen LogP contribution in [0, 0.1) is 5.92 Å². The summed E-state index contributed by atoms with van der Waals surface area (Å²) >= 11 is 3.25. The number of nitrogens with zero attached hydrogens (tertiary/aromatic N) is 4. The fourth-order valence-electron chi connectivity index (χ4n) is 4.00. The molecular weight excluding hydrogens is 454 g/mol. The summed E-state index contributed by atoms with van der Waals surface area (Å²) in [5, 5.41) is 8.77. The molecular formula is C24H25N5O2S2. The third kappa shape index (κ3) is 4.69. The van der Waals surface area contributed by atoms with Crippen LogP contribution >= 0.6 is 23.1 Å². The number of fused-ring (bicyclic) bond motifs is 1. The Bertz CT molecular complexity index is 1230. The molecule has 1 aliphatic heterocycles. The predicted octanol–water partition coefficient (Wildman–Crippen LogP) is 5.04. The van der Waals surface area contributed by atoms with E-state index >= 15 is 0 Å².